The second-order valence-corrected chi connectivity index (χ2v) is 9.58. The van der Waals surface area contributed by atoms with Crippen LogP contribution in [0.2, 0.25) is 5.02 Å². The maximum atomic E-state index is 14.8. The molecular weight excluding hydrogens is 475 g/mol. The van der Waals surface area contributed by atoms with E-state index in [9.17, 15) is 22.4 Å². The Morgan fingerprint density at radius 1 is 1.24 bits per heavy atom. The van der Waals surface area contributed by atoms with E-state index in [1.807, 2.05) is 0 Å². The normalized spacial score (nSPS) is 13.5. The number of halogens is 2. The SMILES string of the molecule is CNC(=O)c1cc(Cl)ccc1S(=O)(=O)NC(c1n[nH]c(=O)o1)C(C)c1c(F)ccc(C)c1C. The van der Waals surface area contributed by atoms with Crippen molar-refractivity contribution in [3.8, 4) is 0 Å². The Balaban J connectivity index is 2.14. The third-order valence-electron chi connectivity index (χ3n) is 5.39. The first-order chi connectivity index (χ1) is 15.5. The highest BCUT2D eigenvalue weighted by molar-refractivity contribution is 7.89. The minimum absolute atomic E-state index is 0.160. The summed E-state index contributed by atoms with van der Waals surface area (Å²) < 4.78 is 49.0. The summed E-state index contributed by atoms with van der Waals surface area (Å²) in [7, 11) is -3.05. The number of H-pyrrole nitrogens is 1. The van der Waals surface area contributed by atoms with E-state index in [0.717, 1.165) is 5.56 Å². The maximum absolute atomic E-state index is 14.8. The Bertz CT molecular complexity index is 1370. The quantitative estimate of drug-likeness (QED) is 0.460. The number of aromatic nitrogens is 2. The lowest BCUT2D eigenvalue weighted by molar-refractivity contribution is 0.0959. The Labute approximate surface area is 194 Å². The van der Waals surface area contributed by atoms with Gasteiger partial charge in [-0.2, -0.15) is 4.72 Å². The van der Waals surface area contributed by atoms with Crippen molar-refractivity contribution in [2.24, 2.45) is 0 Å². The lowest BCUT2D eigenvalue weighted by atomic mass is 9.88. The van der Waals surface area contributed by atoms with E-state index >= 15 is 0 Å². The molecule has 0 radical (unpaired) electrons. The zero-order valence-electron chi connectivity index (χ0n) is 18.2. The third kappa shape index (κ3) is 5.00. The monoisotopic (exact) mass is 496 g/mol. The number of carbonyl (C=O) groups is 1. The van der Waals surface area contributed by atoms with Gasteiger partial charge in [-0.25, -0.2) is 22.7 Å². The highest BCUT2D eigenvalue weighted by atomic mass is 35.5. The van der Waals surface area contributed by atoms with Crippen LogP contribution in [0.3, 0.4) is 0 Å². The minimum Gasteiger partial charge on any atom is -0.391 e. The molecule has 0 aliphatic rings. The van der Waals surface area contributed by atoms with Gasteiger partial charge in [0.05, 0.1) is 10.5 Å². The van der Waals surface area contributed by atoms with Crippen LogP contribution in [-0.4, -0.2) is 31.6 Å². The predicted octanol–water partition coefficient (Wildman–Crippen LogP) is 2.96. The number of aryl methyl sites for hydroxylation is 1. The second-order valence-electron chi connectivity index (χ2n) is 7.46. The van der Waals surface area contributed by atoms with Crippen molar-refractivity contribution in [2.45, 2.75) is 37.6 Å². The summed E-state index contributed by atoms with van der Waals surface area (Å²) in [5.74, 6) is -3.26. The van der Waals surface area contributed by atoms with E-state index in [-0.39, 0.29) is 26.9 Å². The Hall–Kier alpha value is -3.02. The fourth-order valence-corrected chi connectivity index (χ4v) is 5.18. The number of benzene rings is 2. The second kappa shape index (κ2) is 9.46. The number of aromatic amines is 1. The molecule has 0 aliphatic carbocycles. The molecule has 33 heavy (non-hydrogen) atoms. The molecule has 176 valence electrons. The van der Waals surface area contributed by atoms with Crippen LogP contribution in [0, 0.1) is 19.7 Å². The van der Waals surface area contributed by atoms with Crippen LogP contribution in [0.25, 0.3) is 0 Å². The number of sulfonamides is 1. The Morgan fingerprint density at radius 3 is 2.55 bits per heavy atom. The molecule has 3 aromatic rings. The number of nitrogens with zero attached hydrogens (tertiary/aromatic N) is 1. The van der Waals surface area contributed by atoms with Gasteiger partial charge in [0.2, 0.25) is 15.9 Å². The van der Waals surface area contributed by atoms with Crippen LogP contribution in [0.1, 0.15) is 51.8 Å². The smallest absolute Gasteiger partial charge is 0.391 e. The number of hydrogen-bond acceptors (Lipinski definition) is 6. The molecule has 2 atom stereocenters. The van der Waals surface area contributed by atoms with E-state index in [1.165, 1.54) is 31.3 Å². The summed E-state index contributed by atoms with van der Waals surface area (Å²) in [6.07, 6.45) is 0. The summed E-state index contributed by atoms with van der Waals surface area (Å²) in [5, 5.41) is 8.36. The van der Waals surface area contributed by atoms with Crippen molar-refractivity contribution in [1.82, 2.24) is 20.2 Å². The van der Waals surface area contributed by atoms with E-state index < -0.39 is 39.5 Å². The summed E-state index contributed by atoms with van der Waals surface area (Å²) >= 11 is 5.95. The van der Waals surface area contributed by atoms with E-state index in [4.69, 9.17) is 16.0 Å². The van der Waals surface area contributed by atoms with Gasteiger partial charge in [0, 0.05) is 18.0 Å². The summed E-state index contributed by atoms with van der Waals surface area (Å²) in [6.45, 7) is 5.08. The molecule has 1 heterocycles. The first kappa shape index (κ1) is 24.6. The third-order valence-corrected chi connectivity index (χ3v) is 7.13. The molecular formula is C21H22ClFN4O5S. The minimum atomic E-state index is -4.40. The lowest BCUT2D eigenvalue weighted by Crippen LogP contribution is -2.34. The van der Waals surface area contributed by atoms with Gasteiger partial charge in [0.1, 0.15) is 11.9 Å². The Morgan fingerprint density at radius 2 is 1.94 bits per heavy atom. The largest absolute Gasteiger partial charge is 0.434 e. The van der Waals surface area contributed by atoms with Gasteiger partial charge in [-0.15, -0.1) is 5.10 Å². The zero-order valence-corrected chi connectivity index (χ0v) is 19.8. The summed E-state index contributed by atoms with van der Waals surface area (Å²) in [6, 6.07) is 5.32. The van der Waals surface area contributed by atoms with Gasteiger partial charge in [0.25, 0.3) is 5.91 Å². The fraction of sp³-hybridized carbons (Fsp3) is 0.286. The van der Waals surface area contributed by atoms with E-state index in [1.54, 1.807) is 26.8 Å². The van der Waals surface area contributed by atoms with Crippen LogP contribution >= 0.6 is 11.6 Å². The van der Waals surface area contributed by atoms with Gasteiger partial charge in [-0.3, -0.25) is 4.79 Å². The van der Waals surface area contributed by atoms with Gasteiger partial charge in [-0.1, -0.05) is 24.6 Å². The van der Waals surface area contributed by atoms with Gasteiger partial charge >= 0.3 is 5.76 Å². The van der Waals surface area contributed by atoms with E-state index in [0.29, 0.717) is 5.56 Å². The van der Waals surface area contributed by atoms with Crippen molar-refractivity contribution in [3.63, 3.8) is 0 Å². The molecule has 1 aromatic heterocycles. The van der Waals surface area contributed by atoms with Crippen molar-refractivity contribution >= 4 is 27.5 Å². The van der Waals surface area contributed by atoms with Crippen molar-refractivity contribution in [1.29, 1.82) is 0 Å². The first-order valence-corrected chi connectivity index (χ1v) is 11.7. The highest BCUT2D eigenvalue weighted by Crippen LogP contribution is 2.35. The Kier molecular flexibility index (Phi) is 7.06. The van der Waals surface area contributed by atoms with Crippen LogP contribution in [0.5, 0.6) is 0 Å². The van der Waals surface area contributed by atoms with E-state index in [2.05, 4.69) is 20.2 Å². The van der Waals surface area contributed by atoms with Crippen LogP contribution in [-0.2, 0) is 10.0 Å². The molecule has 9 nitrogen and oxygen atoms in total. The molecule has 2 unspecified atom stereocenters. The number of amides is 1. The van der Waals surface area contributed by atoms with Crippen molar-refractivity contribution < 1.29 is 22.0 Å². The number of rotatable bonds is 7. The molecule has 12 heteroatoms. The fourth-order valence-electron chi connectivity index (χ4n) is 3.55. The van der Waals surface area contributed by atoms with Gasteiger partial charge < -0.3 is 9.73 Å². The topological polar surface area (TPSA) is 134 Å². The van der Waals surface area contributed by atoms with Crippen LogP contribution in [0.15, 0.2) is 44.4 Å². The zero-order chi connectivity index (χ0) is 24.5. The predicted molar refractivity (Wildman–Crippen MR) is 119 cm³/mol. The number of carbonyl (C=O) groups excluding carboxylic acids is 1. The standard InChI is InChI=1S/C21H22ClFN4O5S/c1-10-5-7-15(23)17(11(10)2)12(3)18(20-25-26-21(29)32-20)27-33(30,31)16-8-6-13(22)9-14(16)19(28)24-4/h5-9,12,18,27H,1-4H3,(H,24,28)(H,26,29). The molecule has 2 aromatic carbocycles. The molecule has 0 saturated carbocycles. The van der Waals surface area contributed by atoms with Crippen molar-refractivity contribution in [2.75, 3.05) is 7.05 Å². The molecule has 0 saturated heterocycles. The first-order valence-electron chi connectivity index (χ1n) is 9.81. The number of nitrogens with one attached hydrogen (secondary N) is 3. The van der Waals surface area contributed by atoms with Crippen molar-refractivity contribution in [3.05, 3.63) is 79.9 Å². The van der Waals surface area contributed by atoms with Gasteiger partial charge in [-0.05, 0) is 54.8 Å². The molecule has 0 bridgehead atoms. The average Bonchev–Trinajstić information content (AvgIpc) is 3.20. The van der Waals surface area contributed by atoms with Crippen LogP contribution in [0.4, 0.5) is 4.39 Å². The molecule has 0 spiro atoms. The molecule has 3 rings (SSSR count). The molecule has 3 N–H and O–H groups in total. The lowest BCUT2D eigenvalue weighted by Gasteiger charge is -2.25. The molecule has 0 aliphatic heterocycles. The van der Waals surface area contributed by atoms with Crippen LogP contribution < -0.4 is 15.8 Å². The summed E-state index contributed by atoms with van der Waals surface area (Å²) in [5.41, 5.74) is 1.45. The highest BCUT2D eigenvalue weighted by Gasteiger charge is 2.34. The van der Waals surface area contributed by atoms with Gasteiger partial charge in [0.15, 0.2) is 0 Å². The number of hydrogen-bond donors (Lipinski definition) is 3. The molecule has 1 amide bonds. The molecule has 0 fully saturated rings. The maximum Gasteiger partial charge on any atom is 0.434 e. The summed E-state index contributed by atoms with van der Waals surface area (Å²) in [4.78, 5) is 23.5. The average molecular weight is 497 g/mol.